The zero-order chi connectivity index (χ0) is 11.6. The van der Waals surface area contributed by atoms with E-state index in [2.05, 4.69) is 4.98 Å². The predicted molar refractivity (Wildman–Crippen MR) is 50.3 cm³/mol. The average Bonchev–Trinajstić information content (AvgIpc) is 2.10. The third-order valence-corrected chi connectivity index (χ3v) is 2.24. The fourth-order valence-electron chi connectivity index (χ4n) is 1.27. The van der Waals surface area contributed by atoms with E-state index in [1.54, 1.807) is 0 Å². The van der Waals surface area contributed by atoms with Crippen molar-refractivity contribution >= 4 is 17.6 Å². The Balaban J connectivity index is 3.31. The van der Waals surface area contributed by atoms with E-state index in [4.69, 9.17) is 16.7 Å². The van der Waals surface area contributed by atoms with Crippen molar-refractivity contribution < 1.29 is 18.7 Å². The molecule has 1 N–H and O–H groups in total. The zero-order valence-corrected chi connectivity index (χ0v) is 8.55. The summed E-state index contributed by atoms with van der Waals surface area (Å²) in [7, 11) is 0. The molecule has 0 aliphatic carbocycles. The number of rotatable bonds is 3. The van der Waals surface area contributed by atoms with Gasteiger partial charge in [0.05, 0.1) is 6.42 Å². The van der Waals surface area contributed by atoms with Crippen molar-refractivity contribution in [2.75, 3.05) is 0 Å². The van der Waals surface area contributed by atoms with Crippen LogP contribution in [0.25, 0.3) is 0 Å². The van der Waals surface area contributed by atoms with E-state index in [1.165, 1.54) is 13.1 Å². The van der Waals surface area contributed by atoms with Gasteiger partial charge in [-0.05, 0) is 12.5 Å². The van der Waals surface area contributed by atoms with Crippen LogP contribution in [-0.2, 0) is 11.2 Å². The van der Waals surface area contributed by atoms with Crippen LogP contribution >= 0.6 is 11.6 Å². The molecule has 0 radical (unpaired) electrons. The molecule has 0 saturated carbocycles. The van der Waals surface area contributed by atoms with Crippen molar-refractivity contribution in [2.45, 2.75) is 19.8 Å². The molecule has 0 bridgehead atoms. The molecule has 0 saturated heterocycles. The maximum absolute atomic E-state index is 12.6. The number of nitrogens with zero attached hydrogens (tertiary/aromatic N) is 1. The number of halogens is 3. The first-order valence-electron chi connectivity index (χ1n) is 4.07. The second-order valence-corrected chi connectivity index (χ2v) is 3.35. The molecule has 1 aromatic rings. The Hall–Kier alpha value is -1.23. The van der Waals surface area contributed by atoms with E-state index in [0.29, 0.717) is 0 Å². The van der Waals surface area contributed by atoms with Crippen LogP contribution in [-0.4, -0.2) is 16.1 Å². The van der Waals surface area contributed by atoms with Crippen molar-refractivity contribution in [3.8, 4) is 0 Å². The molecule has 82 valence electrons. The van der Waals surface area contributed by atoms with E-state index in [9.17, 15) is 13.6 Å². The first kappa shape index (κ1) is 11.8. The molecule has 0 aliphatic heterocycles. The number of hydrogen-bond donors (Lipinski definition) is 1. The lowest BCUT2D eigenvalue weighted by Gasteiger charge is -2.11. The summed E-state index contributed by atoms with van der Waals surface area (Å²) < 4.78 is 25.3. The Morgan fingerprint density at radius 1 is 1.67 bits per heavy atom. The Kier molecular flexibility index (Phi) is 3.57. The van der Waals surface area contributed by atoms with Crippen molar-refractivity contribution in [2.24, 2.45) is 0 Å². The summed E-state index contributed by atoms with van der Waals surface area (Å²) in [5, 5.41) is 8.38. The fraction of sp³-hybridized carbons (Fsp3) is 0.333. The lowest BCUT2D eigenvalue weighted by molar-refractivity contribution is -0.136. The third kappa shape index (κ3) is 2.62. The SMILES string of the molecule is Cc1cnc(Cl)c(CC(=O)O)c1C(F)F. The predicted octanol–water partition coefficient (Wildman–Crippen LogP) is 2.61. The van der Waals surface area contributed by atoms with Crippen molar-refractivity contribution in [1.82, 2.24) is 4.98 Å². The maximum Gasteiger partial charge on any atom is 0.307 e. The van der Waals surface area contributed by atoms with Crippen molar-refractivity contribution in [1.29, 1.82) is 0 Å². The van der Waals surface area contributed by atoms with E-state index < -0.39 is 18.8 Å². The van der Waals surface area contributed by atoms with Crippen LogP contribution in [0, 0.1) is 6.92 Å². The zero-order valence-electron chi connectivity index (χ0n) is 7.80. The summed E-state index contributed by atoms with van der Waals surface area (Å²) in [6, 6.07) is 0. The highest BCUT2D eigenvalue weighted by atomic mass is 35.5. The third-order valence-electron chi connectivity index (χ3n) is 1.92. The number of aliphatic carboxylic acids is 1. The molecule has 0 atom stereocenters. The van der Waals surface area contributed by atoms with Gasteiger partial charge in [0.15, 0.2) is 0 Å². The Labute approximate surface area is 89.7 Å². The average molecular weight is 236 g/mol. The molecule has 0 amide bonds. The van der Waals surface area contributed by atoms with Crippen LogP contribution in [0.5, 0.6) is 0 Å². The number of carbonyl (C=O) groups is 1. The molecule has 0 spiro atoms. The number of pyridine rings is 1. The largest absolute Gasteiger partial charge is 0.481 e. The lowest BCUT2D eigenvalue weighted by Crippen LogP contribution is -2.07. The first-order chi connectivity index (χ1) is 6.93. The molecular weight excluding hydrogens is 228 g/mol. The molecule has 15 heavy (non-hydrogen) atoms. The number of alkyl halides is 2. The van der Waals surface area contributed by atoms with Gasteiger partial charge < -0.3 is 5.11 Å². The standard InChI is InChI=1S/C9H8ClF2NO2/c1-4-3-13-8(10)5(2-6(14)15)7(4)9(11)12/h3,9H,2H2,1H3,(H,14,15). The minimum Gasteiger partial charge on any atom is -0.481 e. The maximum atomic E-state index is 12.6. The molecule has 0 fully saturated rings. The van der Waals surface area contributed by atoms with Crippen LogP contribution < -0.4 is 0 Å². The number of aryl methyl sites for hydroxylation is 1. The second kappa shape index (κ2) is 4.53. The number of carboxylic acid groups (broad SMARTS) is 1. The first-order valence-corrected chi connectivity index (χ1v) is 4.45. The molecule has 1 heterocycles. The van der Waals surface area contributed by atoms with Gasteiger partial charge in [-0.1, -0.05) is 11.6 Å². The van der Waals surface area contributed by atoms with Crippen molar-refractivity contribution in [3.63, 3.8) is 0 Å². The highest BCUT2D eigenvalue weighted by molar-refractivity contribution is 6.30. The highest BCUT2D eigenvalue weighted by Crippen LogP contribution is 2.30. The summed E-state index contributed by atoms with van der Waals surface area (Å²) in [6.45, 7) is 1.44. The van der Waals surface area contributed by atoms with E-state index >= 15 is 0 Å². The minimum atomic E-state index is -2.75. The minimum absolute atomic E-state index is 0.112. The normalized spacial score (nSPS) is 10.7. The van der Waals surface area contributed by atoms with Crippen LogP contribution in [0.1, 0.15) is 23.1 Å². The molecule has 6 heteroatoms. The Morgan fingerprint density at radius 2 is 2.27 bits per heavy atom. The molecule has 0 unspecified atom stereocenters. The number of carboxylic acids is 1. The van der Waals surface area contributed by atoms with Crippen LogP contribution in [0.3, 0.4) is 0 Å². The summed E-state index contributed by atoms with van der Waals surface area (Å²) in [4.78, 5) is 14.1. The number of aromatic nitrogens is 1. The van der Waals surface area contributed by atoms with Gasteiger partial charge in [0.25, 0.3) is 6.43 Å². The molecule has 1 rings (SSSR count). The molecular formula is C9H8ClF2NO2. The highest BCUT2D eigenvalue weighted by Gasteiger charge is 2.21. The van der Waals surface area contributed by atoms with Gasteiger partial charge in [-0.2, -0.15) is 0 Å². The van der Waals surface area contributed by atoms with Gasteiger partial charge in [-0.3, -0.25) is 4.79 Å². The Morgan fingerprint density at radius 3 is 2.73 bits per heavy atom. The summed E-state index contributed by atoms with van der Waals surface area (Å²) in [5.41, 5.74) is -0.206. The van der Waals surface area contributed by atoms with Gasteiger partial charge in [0.1, 0.15) is 5.15 Å². The monoisotopic (exact) mass is 235 g/mol. The molecule has 0 aliphatic rings. The number of hydrogen-bond acceptors (Lipinski definition) is 2. The van der Waals surface area contributed by atoms with Gasteiger partial charge in [-0.15, -0.1) is 0 Å². The van der Waals surface area contributed by atoms with Gasteiger partial charge in [0, 0.05) is 17.3 Å². The Bertz CT molecular complexity index is 396. The van der Waals surface area contributed by atoms with Crippen molar-refractivity contribution in [3.05, 3.63) is 28.0 Å². The van der Waals surface area contributed by atoms with E-state index in [1.807, 2.05) is 0 Å². The molecule has 0 aromatic carbocycles. The van der Waals surface area contributed by atoms with Crippen LogP contribution in [0.2, 0.25) is 5.15 Å². The lowest BCUT2D eigenvalue weighted by atomic mass is 10.0. The summed E-state index contributed by atoms with van der Waals surface area (Å²) >= 11 is 5.58. The smallest absolute Gasteiger partial charge is 0.307 e. The molecule has 3 nitrogen and oxygen atoms in total. The van der Waals surface area contributed by atoms with Gasteiger partial charge in [0.2, 0.25) is 0 Å². The summed E-state index contributed by atoms with van der Waals surface area (Å²) in [5.74, 6) is -1.22. The van der Waals surface area contributed by atoms with E-state index in [-0.39, 0.29) is 21.8 Å². The van der Waals surface area contributed by atoms with Crippen LogP contribution in [0.4, 0.5) is 8.78 Å². The van der Waals surface area contributed by atoms with Gasteiger partial charge >= 0.3 is 5.97 Å². The topological polar surface area (TPSA) is 50.2 Å². The van der Waals surface area contributed by atoms with Gasteiger partial charge in [-0.25, -0.2) is 13.8 Å². The van der Waals surface area contributed by atoms with E-state index in [0.717, 1.165) is 0 Å². The molecule has 1 aromatic heterocycles. The van der Waals surface area contributed by atoms with Crippen LogP contribution in [0.15, 0.2) is 6.20 Å². The summed E-state index contributed by atoms with van der Waals surface area (Å²) in [6.07, 6.45) is -2.10. The fourth-order valence-corrected chi connectivity index (χ4v) is 1.49. The quantitative estimate of drug-likeness (QED) is 0.820. The second-order valence-electron chi connectivity index (χ2n) is 3.00.